The van der Waals surface area contributed by atoms with E-state index in [2.05, 4.69) is 37.0 Å². The lowest BCUT2D eigenvalue weighted by Gasteiger charge is -2.40. The van der Waals surface area contributed by atoms with Gasteiger partial charge in [-0.1, -0.05) is 66.7 Å². The maximum atomic E-state index is 13.7. The number of carbonyl (C=O) groups is 3. The first kappa shape index (κ1) is 31.9. The van der Waals surface area contributed by atoms with Crippen LogP contribution < -0.4 is 14.2 Å². The molecule has 9 heteroatoms. The lowest BCUT2D eigenvalue weighted by atomic mass is 9.76. The summed E-state index contributed by atoms with van der Waals surface area (Å²) in [6, 6.07) is 6.05. The van der Waals surface area contributed by atoms with Crippen LogP contribution in [0.3, 0.4) is 0 Å². The molecule has 36 heavy (non-hydrogen) atoms. The summed E-state index contributed by atoms with van der Waals surface area (Å²) in [4.78, 5) is 40.3. The summed E-state index contributed by atoms with van der Waals surface area (Å²) in [5, 5.41) is 15.5. The number of anilines is 1. The van der Waals surface area contributed by atoms with Gasteiger partial charge >= 0.3 is 5.97 Å². The number of halogens is 1. The second-order valence-corrected chi connectivity index (χ2v) is 11.8. The van der Waals surface area contributed by atoms with Crippen molar-refractivity contribution in [2.45, 2.75) is 78.9 Å². The molecule has 1 aromatic carbocycles. The molecular formula is C27H43IN4O4. The third-order valence-corrected chi connectivity index (χ3v) is 7.27. The molecule has 4 N–H and O–H groups in total. The van der Waals surface area contributed by atoms with Crippen LogP contribution in [0.1, 0.15) is 61.0 Å². The van der Waals surface area contributed by atoms with Crippen LogP contribution in [0.2, 0.25) is 0 Å². The lowest BCUT2D eigenvalue weighted by Crippen LogP contribution is -2.61. The highest BCUT2D eigenvalue weighted by Crippen LogP contribution is 2.30. The zero-order valence-corrected chi connectivity index (χ0v) is 25.4. The highest BCUT2D eigenvalue weighted by molar-refractivity contribution is 14.1. The number of hydrogen-bond donors (Lipinski definition) is 4. The smallest absolute Gasteiger partial charge is 0.331 e. The molecular weight excluding hydrogens is 571 g/mol. The highest BCUT2D eigenvalue weighted by atomic mass is 127. The van der Waals surface area contributed by atoms with Crippen molar-refractivity contribution in [3.05, 3.63) is 41.5 Å². The van der Waals surface area contributed by atoms with Crippen molar-refractivity contribution in [3.63, 3.8) is 0 Å². The van der Waals surface area contributed by atoms with Crippen LogP contribution in [0.15, 0.2) is 35.9 Å². The Morgan fingerprint density at radius 2 is 1.56 bits per heavy atom. The third-order valence-electron chi connectivity index (χ3n) is 6.65. The van der Waals surface area contributed by atoms with Gasteiger partial charge in [0.05, 0.1) is 34.9 Å². The van der Waals surface area contributed by atoms with Gasteiger partial charge in [0.15, 0.2) is 0 Å². The number of hydrogen-bond acceptors (Lipinski definition) is 5. The van der Waals surface area contributed by atoms with Crippen LogP contribution in [-0.2, 0) is 19.8 Å². The first-order chi connectivity index (χ1) is 16.5. The zero-order valence-electron chi connectivity index (χ0n) is 23.2. The Morgan fingerprint density at radius 1 is 1.03 bits per heavy atom. The maximum absolute atomic E-state index is 13.7. The molecule has 1 unspecified atom stereocenters. The van der Waals surface area contributed by atoms with E-state index in [1.807, 2.05) is 72.7 Å². The van der Waals surface area contributed by atoms with E-state index in [0.29, 0.717) is 0 Å². The summed E-state index contributed by atoms with van der Waals surface area (Å²) in [5.41, 5.74) is 0.975. The molecule has 0 aliphatic heterocycles. The predicted molar refractivity (Wildman–Crippen MR) is 154 cm³/mol. The van der Waals surface area contributed by atoms with Gasteiger partial charge in [0, 0.05) is 23.7 Å². The number of benzene rings is 1. The number of carbonyl (C=O) groups excluding carboxylic acids is 2. The van der Waals surface area contributed by atoms with Crippen molar-refractivity contribution in [3.8, 4) is 0 Å². The monoisotopic (exact) mass is 614 g/mol. The van der Waals surface area contributed by atoms with Crippen LogP contribution >= 0.6 is 22.9 Å². The Bertz CT molecular complexity index is 952. The highest BCUT2D eigenvalue weighted by Gasteiger charge is 2.41. The van der Waals surface area contributed by atoms with Crippen LogP contribution in [0.25, 0.3) is 0 Å². The first-order valence-electron chi connectivity index (χ1n) is 12.1. The van der Waals surface area contributed by atoms with Gasteiger partial charge in [0.1, 0.15) is 6.04 Å². The van der Waals surface area contributed by atoms with Crippen molar-refractivity contribution in [1.82, 2.24) is 15.5 Å². The molecule has 8 nitrogen and oxygen atoms in total. The van der Waals surface area contributed by atoms with E-state index in [1.165, 1.54) is 6.92 Å². The molecule has 3 atom stereocenters. The Kier molecular flexibility index (Phi) is 11.4. The molecule has 0 radical (unpaired) electrons. The molecule has 0 saturated heterocycles. The standard InChI is InChI=1S/C27H43IN4O4/c1-16(2)20(15-17(3)25(35)36)32(10)24(34)22(26(4,5)6)30-23(33)21(29-9)27(7,8)18-11-13-19(31-28)14-12-18/h11-16,20-22,29,31H,1-10H3,(H,30,33)(H,35,36)/b17-15+/t20-,21?,22-/m1/s1. The fourth-order valence-electron chi connectivity index (χ4n) is 4.25. The Hall–Kier alpha value is -2.14. The summed E-state index contributed by atoms with van der Waals surface area (Å²) in [5.74, 6) is -1.59. The molecule has 0 aromatic heterocycles. The van der Waals surface area contributed by atoms with Gasteiger partial charge in [-0.05, 0) is 43.0 Å². The normalized spacial score (nSPS) is 15.2. The molecule has 0 bridgehead atoms. The number of rotatable bonds is 11. The van der Waals surface area contributed by atoms with E-state index in [9.17, 15) is 19.5 Å². The molecule has 1 rings (SSSR count). The Labute approximate surface area is 230 Å². The van der Waals surface area contributed by atoms with Gasteiger partial charge in [-0.25, -0.2) is 4.79 Å². The van der Waals surface area contributed by atoms with Gasteiger partial charge in [-0.15, -0.1) is 0 Å². The molecule has 0 heterocycles. The average Bonchev–Trinajstić information content (AvgIpc) is 2.79. The van der Waals surface area contributed by atoms with Gasteiger partial charge in [0.2, 0.25) is 11.8 Å². The summed E-state index contributed by atoms with van der Waals surface area (Å²) in [6.45, 7) is 15.1. The molecule has 202 valence electrons. The number of amides is 2. The van der Waals surface area contributed by atoms with E-state index < -0.39 is 34.9 Å². The van der Waals surface area contributed by atoms with Crippen LogP contribution in [-0.4, -0.2) is 60.0 Å². The zero-order chi connectivity index (χ0) is 28.0. The van der Waals surface area contributed by atoms with Crippen molar-refractivity contribution >= 4 is 46.3 Å². The molecule has 1 aromatic rings. The minimum absolute atomic E-state index is 0.0198. The summed E-state index contributed by atoms with van der Waals surface area (Å²) >= 11 is 2.07. The predicted octanol–water partition coefficient (Wildman–Crippen LogP) is 4.36. The van der Waals surface area contributed by atoms with Crippen molar-refractivity contribution < 1.29 is 19.5 Å². The minimum atomic E-state index is -1.02. The number of nitrogens with one attached hydrogen (secondary N) is 3. The van der Waals surface area contributed by atoms with Gasteiger partial charge in [-0.2, -0.15) is 0 Å². The van der Waals surface area contributed by atoms with Gasteiger partial charge < -0.3 is 24.2 Å². The van der Waals surface area contributed by atoms with Crippen molar-refractivity contribution in [2.75, 3.05) is 17.6 Å². The molecule has 0 aliphatic carbocycles. The van der Waals surface area contributed by atoms with Crippen LogP contribution in [0, 0.1) is 11.3 Å². The minimum Gasteiger partial charge on any atom is -0.478 e. The van der Waals surface area contributed by atoms with Crippen LogP contribution in [0.4, 0.5) is 5.69 Å². The molecule has 0 aliphatic rings. The molecule has 2 amide bonds. The second-order valence-electron chi connectivity index (χ2n) is 11.3. The third kappa shape index (κ3) is 7.93. The van der Waals surface area contributed by atoms with E-state index in [0.717, 1.165) is 11.3 Å². The number of nitrogens with zero attached hydrogens (tertiary/aromatic N) is 1. The van der Waals surface area contributed by atoms with Gasteiger partial charge in [-0.3, -0.25) is 9.59 Å². The van der Waals surface area contributed by atoms with Crippen molar-refractivity contribution in [1.29, 1.82) is 0 Å². The van der Waals surface area contributed by atoms with E-state index in [4.69, 9.17) is 0 Å². The summed E-state index contributed by atoms with van der Waals surface area (Å²) in [6.07, 6.45) is 1.60. The van der Waals surface area contributed by atoms with Crippen molar-refractivity contribution in [2.24, 2.45) is 11.3 Å². The maximum Gasteiger partial charge on any atom is 0.331 e. The second kappa shape index (κ2) is 12.9. The quantitative estimate of drug-likeness (QED) is 0.168. The lowest BCUT2D eigenvalue weighted by molar-refractivity contribution is -0.141. The van der Waals surface area contributed by atoms with E-state index >= 15 is 0 Å². The number of carboxylic acids is 1. The number of aliphatic carboxylic acids is 1. The molecule has 0 saturated carbocycles. The average molecular weight is 615 g/mol. The van der Waals surface area contributed by atoms with Crippen LogP contribution in [0.5, 0.6) is 0 Å². The van der Waals surface area contributed by atoms with E-state index in [1.54, 1.807) is 25.1 Å². The Balaban J connectivity index is 3.30. The van der Waals surface area contributed by atoms with E-state index in [-0.39, 0.29) is 23.3 Å². The topological polar surface area (TPSA) is 111 Å². The fourth-order valence-corrected chi connectivity index (χ4v) is 4.61. The largest absolute Gasteiger partial charge is 0.478 e. The molecule has 0 spiro atoms. The number of likely N-dealkylation sites (N-methyl/N-ethyl adjacent to an activating group) is 2. The summed E-state index contributed by atoms with van der Waals surface area (Å²) < 4.78 is 3.07. The SMILES string of the molecule is CNC(C(=O)N[C@H](C(=O)N(C)[C@H](/C=C(\C)C(=O)O)C(C)C)C(C)(C)C)C(C)(C)c1ccc(NI)cc1. The van der Waals surface area contributed by atoms with Gasteiger partial charge in [0.25, 0.3) is 0 Å². The summed E-state index contributed by atoms with van der Waals surface area (Å²) in [7, 11) is 3.40. The fraction of sp³-hybridized carbons (Fsp3) is 0.593. The first-order valence-corrected chi connectivity index (χ1v) is 13.2. The Morgan fingerprint density at radius 3 is 1.94 bits per heavy atom. The number of carboxylic acid groups (broad SMARTS) is 1. The molecule has 0 fully saturated rings.